The van der Waals surface area contributed by atoms with Crippen LogP contribution in [-0.2, 0) is 11.3 Å². The molecule has 7 heteroatoms. The summed E-state index contributed by atoms with van der Waals surface area (Å²) in [6, 6.07) is 15.9. The summed E-state index contributed by atoms with van der Waals surface area (Å²) in [5, 5.41) is 0.971. The molecule has 0 unspecified atom stereocenters. The zero-order chi connectivity index (χ0) is 21.4. The number of hydrogen-bond donors (Lipinski definition) is 1. The van der Waals surface area contributed by atoms with Gasteiger partial charge >= 0.3 is 5.69 Å². The van der Waals surface area contributed by atoms with E-state index in [4.69, 9.17) is 4.74 Å². The van der Waals surface area contributed by atoms with Crippen LogP contribution in [0.3, 0.4) is 0 Å². The Hall–Kier alpha value is -3.32. The van der Waals surface area contributed by atoms with Crippen LogP contribution in [0, 0.1) is 0 Å². The molecule has 1 N–H and O–H groups in total. The molecule has 1 fully saturated rings. The largest absolute Gasteiger partial charge is 0.383 e. The van der Waals surface area contributed by atoms with Crippen LogP contribution in [0.15, 0.2) is 59.5 Å². The molecule has 1 amide bonds. The average molecular weight is 418 g/mol. The maximum absolute atomic E-state index is 13.4. The Bertz CT molecular complexity index is 1290. The van der Waals surface area contributed by atoms with Crippen LogP contribution in [-0.4, -0.2) is 51.7 Å². The van der Waals surface area contributed by atoms with Crippen molar-refractivity contribution in [2.24, 2.45) is 0 Å². The number of carbonyl (C=O) groups is 1. The minimum Gasteiger partial charge on any atom is -0.383 e. The maximum Gasteiger partial charge on any atom is 0.326 e. The molecule has 0 aliphatic carbocycles. The molecule has 160 valence electrons. The van der Waals surface area contributed by atoms with Crippen molar-refractivity contribution in [3.8, 4) is 0 Å². The van der Waals surface area contributed by atoms with Gasteiger partial charge in [0.25, 0.3) is 5.91 Å². The SMILES string of the molecule is COCCn1cc(C(=O)N2CCC(n3c(=O)[nH]c4ccccc43)CC2)c2ccccc21. The summed E-state index contributed by atoms with van der Waals surface area (Å²) in [7, 11) is 1.68. The van der Waals surface area contributed by atoms with E-state index in [1.807, 2.05) is 64.2 Å². The summed E-state index contributed by atoms with van der Waals surface area (Å²) in [6.07, 6.45) is 3.47. The number of rotatable bonds is 5. The normalized spacial score (nSPS) is 15.2. The van der Waals surface area contributed by atoms with E-state index in [2.05, 4.69) is 9.55 Å². The first-order chi connectivity index (χ1) is 15.2. The molecule has 2 aromatic carbocycles. The molecule has 0 atom stereocenters. The highest BCUT2D eigenvalue weighted by molar-refractivity contribution is 6.07. The number of methoxy groups -OCH3 is 1. The second kappa shape index (κ2) is 8.07. The van der Waals surface area contributed by atoms with Crippen LogP contribution in [0.5, 0.6) is 0 Å². The van der Waals surface area contributed by atoms with Gasteiger partial charge in [-0.15, -0.1) is 0 Å². The summed E-state index contributed by atoms with van der Waals surface area (Å²) in [6.45, 7) is 2.56. The second-order valence-corrected chi connectivity index (χ2v) is 8.09. The van der Waals surface area contributed by atoms with Gasteiger partial charge < -0.3 is 19.2 Å². The van der Waals surface area contributed by atoms with E-state index in [0.29, 0.717) is 26.2 Å². The third-order valence-electron chi connectivity index (χ3n) is 6.30. The number of amides is 1. The van der Waals surface area contributed by atoms with Gasteiger partial charge in [0.1, 0.15) is 0 Å². The topological polar surface area (TPSA) is 72.3 Å². The number of aromatic amines is 1. The smallest absolute Gasteiger partial charge is 0.326 e. The Labute approximate surface area is 179 Å². The highest BCUT2D eigenvalue weighted by Gasteiger charge is 2.28. The Morgan fingerprint density at radius 2 is 1.77 bits per heavy atom. The number of aromatic nitrogens is 3. The predicted molar refractivity (Wildman–Crippen MR) is 121 cm³/mol. The standard InChI is InChI=1S/C24H26N4O3/c1-31-15-14-27-16-19(18-6-2-4-8-21(18)27)23(29)26-12-10-17(11-13-26)28-22-9-5-3-7-20(22)25-24(28)30/h2-9,16-17H,10-15H2,1H3,(H,25,30). The minimum atomic E-state index is -0.0767. The summed E-state index contributed by atoms with van der Waals surface area (Å²) >= 11 is 0. The molecule has 31 heavy (non-hydrogen) atoms. The fourth-order valence-corrected chi connectivity index (χ4v) is 4.73. The third kappa shape index (κ3) is 3.45. The number of carbonyl (C=O) groups excluding carboxylic acids is 1. The molecule has 0 spiro atoms. The van der Waals surface area contributed by atoms with Crippen LogP contribution in [0.4, 0.5) is 0 Å². The summed E-state index contributed by atoms with van der Waals surface area (Å²) in [4.78, 5) is 30.8. The molecular formula is C24H26N4O3. The zero-order valence-electron chi connectivity index (χ0n) is 17.6. The Morgan fingerprint density at radius 3 is 2.55 bits per heavy atom. The lowest BCUT2D eigenvalue weighted by atomic mass is 10.0. The van der Waals surface area contributed by atoms with Crippen molar-refractivity contribution in [3.05, 3.63) is 70.8 Å². The molecule has 1 aliphatic rings. The lowest BCUT2D eigenvalue weighted by Crippen LogP contribution is -2.40. The molecule has 1 saturated heterocycles. The highest BCUT2D eigenvalue weighted by atomic mass is 16.5. The summed E-state index contributed by atoms with van der Waals surface area (Å²) in [5.74, 6) is 0.0529. The average Bonchev–Trinajstić information content (AvgIpc) is 3.34. The molecule has 0 saturated carbocycles. The van der Waals surface area contributed by atoms with Gasteiger partial charge in [-0.2, -0.15) is 0 Å². The molecular weight excluding hydrogens is 392 g/mol. The van der Waals surface area contributed by atoms with Crippen LogP contribution >= 0.6 is 0 Å². The number of para-hydroxylation sites is 3. The molecule has 2 aromatic heterocycles. The van der Waals surface area contributed by atoms with Crippen LogP contribution in [0.25, 0.3) is 21.9 Å². The van der Waals surface area contributed by atoms with Crippen molar-refractivity contribution in [3.63, 3.8) is 0 Å². The summed E-state index contributed by atoms with van der Waals surface area (Å²) < 4.78 is 9.16. The first-order valence-electron chi connectivity index (χ1n) is 10.7. The number of likely N-dealkylation sites (tertiary alicyclic amines) is 1. The van der Waals surface area contributed by atoms with Crippen molar-refractivity contribution >= 4 is 27.8 Å². The Morgan fingerprint density at radius 1 is 1.06 bits per heavy atom. The number of nitrogens with one attached hydrogen (secondary N) is 1. The summed E-state index contributed by atoms with van der Waals surface area (Å²) in [5.41, 5.74) is 3.48. The molecule has 5 rings (SSSR count). The lowest BCUT2D eigenvalue weighted by Gasteiger charge is -2.32. The number of H-pyrrole nitrogens is 1. The van der Waals surface area contributed by atoms with Crippen molar-refractivity contribution < 1.29 is 9.53 Å². The van der Waals surface area contributed by atoms with E-state index in [0.717, 1.165) is 40.3 Å². The van der Waals surface area contributed by atoms with E-state index in [-0.39, 0.29) is 17.6 Å². The molecule has 0 bridgehead atoms. The third-order valence-corrected chi connectivity index (χ3v) is 6.30. The van der Waals surface area contributed by atoms with Gasteiger partial charge in [0.15, 0.2) is 0 Å². The van der Waals surface area contributed by atoms with E-state index in [1.165, 1.54) is 0 Å². The fraction of sp³-hybridized carbons (Fsp3) is 0.333. The van der Waals surface area contributed by atoms with Gasteiger partial charge in [-0.05, 0) is 31.0 Å². The minimum absolute atomic E-state index is 0.0529. The van der Waals surface area contributed by atoms with E-state index >= 15 is 0 Å². The first-order valence-corrected chi connectivity index (χ1v) is 10.7. The number of benzene rings is 2. The highest BCUT2D eigenvalue weighted by Crippen LogP contribution is 2.28. The molecule has 3 heterocycles. The monoisotopic (exact) mass is 418 g/mol. The van der Waals surface area contributed by atoms with Crippen molar-refractivity contribution in [1.82, 2.24) is 19.0 Å². The van der Waals surface area contributed by atoms with Gasteiger partial charge in [-0.25, -0.2) is 4.79 Å². The quantitative estimate of drug-likeness (QED) is 0.540. The van der Waals surface area contributed by atoms with Crippen LogP contribution < -0.4 is 5.69 Å². The van der Waals surface area contributed by atoms with Gasteiger partial charge in [-0.1, -0.05) is 30.3 Å². The number of piperidine rings is 1. The van der Waals surface area contributed by atoms with Gasteiger partial charge in [0, 0.05) is 49.9 Å². The van der Waals surface area contributed by atoms with Crippen molar-refractivity contribution in [1.29, 1.82) is 0 Å². The lowest BCUT2D eigenvalue weighted by molar-refractivity contribution is 0.0696. The van der Waals surface area contributed by atoms with Crippen LogP contribution in [0.2, 0.25) is 0 Å². The molecule has 0 radical (unpaired) electrons. The zero-order valence-corrected chi connectivity index (χ0v) is 17.6. The van der Waals surface area contributed by atoms with E-state index in [1.54, 1.807) is 7.11 Å². The van der Waals surface area contributed by atoms with Gasteiger partial charge in [0.2, 0.25) is 0 Å². The Kier molecular flexibility index (Phi) is 5.11. The maximum atomic E-state index is 13.4. The first kappa shape index (κ1) is 19.6. The number of nitrogens with zero attached hydrogens (tertiary/aromatic N) is 3. The van der Waals surface area contributed by atoms with E-state index in [9.17, 15) is 9.59 Å². The fourth-order valence-electron chi connectivity index (χ4n) is 4.73. The van der Waals surface area contributed by atoms with Gasteiger partial charge in [-0.3, -0.25) is 9.36 Å². The van der Waals surface area contributed by atoms with Crippen molar-refractivity contribution in [2.75, 3.05) is 26.8 Å². The van der Waals surface area contributed by atoms with Crippen LogP contribution in [0.1, 0.15) is 29.2 Å². The van der Waals surface area contributed by atoms with Gasteiger partial charge in [0.05, 0.1) is 23.2 Å². The van der Waals surface area contributed by atoms with Crippen molar-refractivity contribution in [2.45, 2.75) is 25.4 Å². The predicted octanol–water partition coefficient (Wildman–Crippen LogP) is 3.41. The molecule has 1 aliphatic heterocycles. The molecule has 4 aromatic rings. The number of imidazole rings is 1. The number of fused-ring (bicyclic) bond motifs is 2. The Balaban J connectivity index is 1.37. The second-order valence-electron chi connectivity index (χ2n) is 8.09. The molecule has 7 nitrogen and oxygen atoms in total. The van der Waals surface area contributed by atoms with E-state index < -0.39 is 0 Å². The number of hydrogen-bond acceptors (Lipinski definition) is 3. The number of ether oxygens (including phenoxy) is 1.